The molecular weight excluding hydrogens is 244 g/mol. The van der Waals surface area contributed by atoms with Crippen LogP contribution in [0.2, 0.25) is 0 Å². The fourth-order valence-corrected chi connectivity index (χ4v) is 4.72. The van der Waals surface area contributed by atoms with E-state index in [1.165, 1.54) is 57.3 Å². The topological polar surface area (TPSA) is 15.3 Å². The Morgan fingerprint density at radius 1 is 1.10 bits per heavy atom. The number of anilines is 1. The van der Waals surface area contributed by atoms with Crippen molar-refractivity contribution in [1.82, 2.24) is 4.90 Å². The highest BCUT2D eigenvalue weighted by Gasteiger charge is 2.35. The Bertz CT molecular complexity index is 470. The molecular formula is C18H26N2. The molecule has 2 aliphatic heterocycles. The van der Waals surface area contributed by atoms with Crippen molar-refractivity contribution in [3.05, 3.63) is 29.8 Å². The lowest BCUT2D eigenvalue weighted by atomic mass is 9.85. The maximum Gasteiger partial charge on any atom is 0.0376 e. The quantitative estimate of drug-likeness (QED) is 0.897. The van der Waals surface area contributed by atoms with Gasteiger partial charge >= 0.3 is 0 Å². The number of rotatable bonds is 3. The Hall–Kier alpha value is -1.02. The predicted molar refractivity (Wildman–Crippen MR) is 84.2 cm³/mol. The zero-order valence-corrected chi connectivity index (χ0v) is 12.4. The molecule has 0 spiro atoms. The van der Waals surface area contributed by atoms with Crippen molar-refractivity contribution >= 4 is 5.69 Å². The van der Waals surface area contributed by atoms with Crippen LogP contribution in [-0.2, 0) is 0 Å². The highest BCUT2D eigenvalue weighted by Crippen LogP contribution is 2.38. The van der Waals surface area contributed by atoms with Gasteiger partial charge in [-0.2, -0.15) is 0 Å². The first-order valence-electron chi connectivity index (χ1n) is 8.48. The Morgan fingerprint density at radius 2 is 2.00 bits per heavy atom. The van der Waals surface area contributed by atoms with Gasteiger partial charge in [0.25, 0.3) is 0 Å². The SMILES string of the molecule is c1ccc2c(c1)NCC2CCN1CCC2CCCCC21. The van der Waals surface area contributed by atoms with Crippen LogP contribution in [-0.4, -0.2) is 30.6 Å². The molecule has 3 aliphatic rings. The summed E-state index contributed by atoms with van der Waals surface area (Å²) in [4.78, 5) is 2.81. The van der Waals surface area contributed by atoms with Gasteiger partial charge in [-0.05, 0) is 56.3 Å². The van der Waals surface area contributed by atoms with Gasteiger partial charge in [-0.15, -0.1) is 0 Å². The van der Waals surface area contributed by atoms with Gasteiger partial charge in [0.15, 0.2) is 0 Å². The van der Waals surface area contributed by atoms with Crippen molar-refractivity contribution in [3.63, 3.8) is 0 Å². The molecule has 0 amide bonds. The van der Waals surface area contributed by atoms with E-state index in [1.54, 1.807) is 5.56 Å². The normalized spacial score (nSPS) is 32.7. The molecule has 3 unspecified atom stereocenters. The number of benzene rings is 1. The molecule has 0 aromatic heterocycles. The minimum atomic E-state index is 0.730. The third-order valence-corrected chi connectivity index (χ3v) is 5.83. The molecule has 2 heterocycles. The number of nitrogens with one attached hydrogen (secondary N) is 1. The van der Waals surface area contributed by atoms with Gasteiger partial charge < -0.3 is 10.2 Å². The fraction of sp³-hybridized carbons (Fsp3) is 0.667. The molecule has 20 heavy (non-hydrogen) atoms. The summed E-state index contributed by atoms with van der Waals surface area (Å²) in [5.41, 5.74) is 2.92. The summed E-state index contributed by atoms with van der Waals surface area (Å²) >= 11 is 0. The number of para-hydroxylation sites is 1. The van der Waals surface area contributed by atoms with Crippen LogP contribution >= 0.6 is 0 Å². The average Bonchev–Trinajstić information content (AvgIpc) is 3.09. The van der Waals surface area contributed by atoms with Gasteiger partial charge in [-0.3, -0.25) is 0 Å². The minimum absolute atomic E-state index is 0.730. The fourth-order valence-electron chi connectivity index (χ4n) is 4.72. The largest absolute Gasteiger partial charge is 0.384 e. The van der Waals surface area contributed by atoms with E-state index < -0.39 is 0 Å². The van der Waals surface area contributed by atoms with Crippen molar-refractivity contribution in [2.75, 3.05) is 25.0 Å². The third-order valence-electron chi connectivity index (χ3n) is 5.83. The number of nitrogens with zero attached hydrogens (tertiary/aromatic N) is 1. The van der Waals surface area contributed by atoms with Crippen LogP contribution in [0.3, 0.4) is 0 Å². The number of fused-ring (bicyclic) bond motifs is 2. The third kappa shape index (κ3) is 2.24. The first-order chi connectivity index (χ1) is 9.92. The lowest BCUT2D eigenvalue weighted by Crippen LogP contribution is -2.35. The Kier molecular flexibility index (Phi) is 3.43. The zero-order valence-electron chi connectivity index (χ0n) is 12.4. The molecule has 2 heteroatoms. The van der Waals surface area contributed by atoms with E-state index in [2.05, 4.69) is 34.5 Å². The van der Waals surface area contributed by atoms with Gasteiger partial charge in [0.05, 0.1) is 0 Å². The summed E-state index contributed by atoms with van der Waals surface area (Å²) in [6.45, 7) is 3.81. The van der Waals surface area contributed by atoms with E-state index in [4.69, 9.17) is 0 Å². The average molecular weight is 270 g/mol. The first kappa shape index (κ1) is 12.7. The molecule has 2 nitrogen and oxygen atoms in total. The molecule has 2 fully saturated rings. The summed E-state index contributed by atoms with van der Waals surface area (Å²) in [7, 11) is 0. The van der Waals surface area contributed by atoms with Gasteiger partial charge in [0.1, 0.15) is 0 Å². The molecule has 0 radical (unpaired) electrons. The lowest BCUT2D eigenvalue weighted by Gasteiger charge is -2.32. The molecule has 4 rings (SSSR count). The lowest BCUT2D eigenvalue weighted by molar-refractivity contribution is 0.178. The van der Waals surface area contributed by atoms with E-state index in [0.717, 1.165) is 24.4 Å². The Balaban J connectivity index is 1.37. The maximum atomic E-state index is 3.56. The summed E-state index contributed by atoms with van der Waals surface area (Å²) < 4.78 is 0. The molecule has 1 aliphatic carbocycles. The second kappa shape index (κ2) is 5.40. The van der Waals surface area contributed by atoms with Gasteiger partial charge in [-0.25, -0.2) is 0 Å². The van der Waals surface area contributed by atoms with Crippen LogP contribution in [0, 0.1) is 5.92 Å². The predicted octanol–water partition coefficient (Wildman–Crippen LogP) is 3.85. The van der Waals surface area contributed by atoms with Crippen LogP contribution in [0.5, 0.6) is 0 Å². The first-order valence-corrected chi connectivity index (χ1v) is 8.48. The van der Waals surface area contributed by atoms with Crippen LogP contribution in [0.1, 0.15) is 50.0 Å². The van der Waals surface area contributed by atoms with Gasteiger partial charge in [-0.1, -0.05) is 31.0 Å². The molecule has 1 aromatic carbocycles. The summed E-state index contributed by atoms with van der Waals surface area (Å²) in [6.07, 6.45) is 8.69. The molecule has 1 saturated heterocycles. The molecule has 3 atom stereocenters. The van der Waals surface area contributed by atoms with E-state index in [-0.39, 0.29) is 0 Å². The van der Waals surface area contributed by atoms with Gasteiger partial charge in [0, 0.05) is 24.2 Å². The van der Waals surface area contributed by atoms with E-state index in [1.807, 2.05) is 0 Å². The van der Waals surface area contributed by atoms with E-state index in [0.29, 0.717) is 0 Å². The summed E-state index contributed by atoms with van der Waals surface area (Å²) in [5.74, 6) is 1.76. The molecule has 1 aromatic rings. The molecule has 1 saturated carbocycles. The van der Waals surface area contributed by atoms with Crippen molar-refractivity contribution in [2.45, 2.75) is 50.5 Å². The maximum absolute atomic E-state index is 3.56. The number of hydrogen-bond donors (Lipinski definition) is 1. The number of likely N-dealkylation sites (tertiary alicyclic amines) is 1. The molecule has 108 valence electrons. The second-order valence-corrected chi connectivity index (χ2v) is 6.89. The Labute approximate surface area is 122 Å². The smallest absolute Gasteiger partial charge is 0.0376 e. The highest BCUT2D eigenvalue weighted by molar-refractivity contribution is 5.57. The standard InChI is InChI=1S/C18H26N2/c1-4-8-18-14(5-1)9-11-20(18)12-10-15-13-19-17-7-3-2-6-16(15)17/h2-3,6-7,14-15,18-19H,1,4-5,8-13H2. The van der Waals surface area contributed by atoms with E-state index in [9.17, 15) is 0 Å². The van der Waals surface area contributed by atoms with Crippen LogP contribution in [0.4, 0.5) is 5.69 Å². The summed E-state index contributed by atoms with van der Waals surface area (Å²) in [5, 5.41) is 3.56. The minimum Gasteiger partial charge on any atom is -0.384 e. The zero-order chi connectivity index (χ0) is 13.4. The molecule has 1 N–H and O–H groups in total. The Morgan fingerprint density at radius 3 is 3.00 bits per heavy atom. The monoisotopic (exact) mass is 270 g/mol. The van der Waals surface area contributed by atoms with Crippen LogP contribution in [0.25, 0.3) is 0 Å². The van der Waals surface area contributed by atoms with Crippen molar-refractivity contribution in [3.8, 4) is 0 Å². The van der Waals surface area contributed by atoms with Crippen LogP contribution in [0.15, 0.2) is 24.3 Å². The molecule has 0 bridgehead atoms. The van der Waals surface area contributed by atoms with Crippen LogP contribution < -0.4 is 5.32 Å². The van der Waals surface area contributed by atoms with Crippen molar-refractivity contribution in [2.24, 2.45) is 5.92 Å². The summed E-state index contributed by atoms with van der Waals surface area (Å²) in [6, 6.07) is 9.79. The van der Waals surface area contributed by atoms with Crippen molar-refractivity contribution in [1.29, 1.82) is 0 Å². The highest BCUT2D eigenvalue weighted by atomic mass is 15.2. The van der Waals surface area contributed by atoms with Gasteiger partial charge in [0.2, 0.25) is 0 Å². The number of hydrogen-bond acceptors (Lipinski definition) is 2. The second-order valence-electron chi connectivity index (χ2n) is 6.89. The van der Waals surface area contributed by atoms with Crippen molar-refractivity contribution < 1.29 is 0 Å². The van der Waals surface area contributed by atoms with E-state index >= 15 is 0 Å².